The van der Waals surface area contributed by atoms with E-state index in [1.807, 2.05) is 6.92 Å². The van der Waals surface area contributed by atoms with Gasteiger partial charge in [0.15, 0.2) is 0 Å². The molecule has 5 heteroatoms. The van der Waals surface area contributed by atoms with Gasteiger partial charge in [-0.25, -0.2) is 0 Å². The van der Waals surface area contributed by atoms with Crippen LogP contribution in [0, 0.1) is 5.92 Å². The van der Waals surface area contributed by atoms with Gasteiger partial charge < -0.3 is 15.0 Å². The zero-order chi connectivity index (χ0) is 15.5. The van der Waals surface area contributed by atoms with Crippen LogP contribution in [0.4, 0.5) is 0 Å². The Labute approximate surface area is 127 Å². The van der Waals surface area contributed by atoms with Gasteiger partial charge in [-0.2, -0.15) is 0 Å². The summed E-state index contributed by atoms with van der Waals surface area (Å²) in [7, 11) is 0. The van der Waals surface area contributed by atoms with Crippen LogP contribution < -0.4 is 5.32 Å². The average molecular weight is 296 g/mol. The van der Waals surface area contributed by atoms with Crippen LogP contribution in [-0.2, 0) is 14.3 Å². The molecule has 1 spiro atoms. The molecule has 1 saturated carbocycles. The number of rotatable bonds is 6. The van der Waals surface area contributed by atoms with E-state index in [0.717, 1.165) is 25.7 Å². The first-order chi connectivity index (χ1) is 10.00. The summed E-state index contributed by atoms with van der Waals surface area (Å²) in [6.45, 7) is 7.75. The normalized spacial score (nSPS) is 25.0. The van der Waals surface area contributed by atoms with Gasteiger partial charge in [0.2, 0.25) is 11.8 Å². The quantitative estimate of drug-likeness (QED) is 0.759. The third-order valence-electron chi connectivity index (χ3n) is 4.54. The summed E-state index contributed by atoms with van der Waals surface area (Å²) in [6.07, 6.45) is 4.29. The lowest BCUT2D eigenvalue weighted by Gasteiger charge is -2.45. The minimum absolute atomic E-state index is 0.0155. The maximum atomic E-state index is 12.9. The SMILES string of the molecule is CCOCCN1C(=O)C2(CCCC2)NC(=O)C1CC(C)C. The van der Waals surface area contributed by atoms with Crippen LogP contribution in [0.25, 0.3) is 0 Å². The number of nitrogens with zero attached hydrogens (tertiary/aromatic N) is 1. The second-order valence-corrected chi connectivity index (χ2v) is 6.62. The summed E-state index contributed by atoms with van der Waals surface area (Å²) in [5.74, 6) is 0.493. The number of piperazine rings is 1. The second kappa shape index (κ2) is 6.77. The number of hydrogen-bond donors (Lipinski definition) is 1. The van der Waals surface area contributed by atoms with E-state index in [4.69, 9.17) is 4.74 Å². The van der Waals surface area contributed by atoms with Crippen LogP contribution in [0.15, 0.2) is 0 Å². The highest BCUT2D eigenvalue weighted by atomic mass is 16.5. The first kappa shape index (κ1) is 16.3. The molecule has 2 aliphatic rings. The van der Waals surface area contributed by atoms with Gasteiger partial charge >= 0.3 is 0 Å². The van der Waals surface area contributed by atoms with Crippen molar-refractivity contribution in [3.05, 3.63) is 0 Å². The molecule has 1 saturated heterocycles. The minimum atomic E-state index is -0.628. The van der Waals surface area contributed by atoms with Crippen LogP contribution in [-0.4, -0.2) is 48.1 Å². The fourth-order valence-corrected chi connectivity index (χ4v) is 3.49. The Bertz CT molecular complexity index is 389. The minimum Gasteiger partial charge on any atom is -0.380 e. The Kier molecular flexibility index (Phi) is 5.25. The summed E-state index contributed by atoms with van der Waals surface area (Å²) in [5, 5.41) is 3.05. The summed E-state index contributed by atoms with van der Waals surface area (Å²) >= 11 is 0. The molecule has 0 aromatic carbocycles. The summed E-state index contributed by atoms with van der Waals surface area (Å²) < 4.78 is 5.40. The van der Waals surface area contributed by atoms with Crippen LogP contribution in [0.5, 0.6) is 0 Å². The zero-order valence-corrected chi connectivity index (χ0v) is 13.5. The molecule has 2 fully saturated rings. The molecule has 1 heterocycles. The van der Waals surface area contributed by atoms with Gasteiger partial charge in [-0.15, -0.1) is 0 Å². The molecule has 1 N–H and O–H groups in total. The van der Waals surface area contributed by atoms with Gasteiger partial charge in [0, 0.05) is 13.2 Å². The van der Waals surface area contributed by atoms with Crippen molar-refractivity contribution in [3.63, 3.8) is 0 Å². The number of carbonyl (C=O) groups is 2. The smallest absolute Gasteiger partial charge is 0.249 e. The monoisotopic (exact) mass is 296 g/mol. The lowest BCUT2D eigenvalue weighted by atomic mass is 9.88. The van der Waals surface area contributed by atoms with Crippen molar-refractivity contribution < 1.29 is 14.3 Å². The fourth-order valence-electron chi connectivity index (χ4n) is 3.49. The Hall–Kier alpha value is -1.10. The van der Waals surface area contributed by atoms with Gasteiger partial charge in [0.1, 0.15) is 11.6 Å². The number of ether oxygens (including phenoxy) is 1. The molecule has 0 radical (unpaired) electrons. The lowest BCUT2D eigenvalue weighted by Crippen LogP contribution is -2.69. The third kappa shape index (κ3) is 3.39. The van der Waals surface area contributed by atoms with Crippen LogP contribution in [0.1, 0.15) is 52.9 Å². The van der Waals surface area contributed by atoms with E-state index in [2.05, 4.69) is 19.2 Å². The van der Waals surface area contributed by atoms with Crippen molar-refractivity contribution in [2.75, 3.05) is 19.8 Å². The van der Waals surface area contributed by atoms with E-state index in [1.165, 1.54) is 0 Å². The maximum absolute atomic E-state index is 12.9. The molecule has 0 bridgehead atoms. The molecule has 120 valence electrons. The first-order valence-electron chi connectivity index (χ1n) is 8.21. The van der Waals surface area contributed by atoms with Gasteiger partial charge in [0.05, 0.1) is 6.61 Å². The summed E-state index contributed by atoms with van der Waals surface area (Å²) in [6, 6.07) is -0.343. The van der Waals surface area contributed by atoms with Gasteiger partial charge in [-0.05, 0) is 32.1 Å². The Morgan fingerprint density at radius 3 is 2.57 bits per heavy atom. The molecule has 0 aromatic rings. The average Bonchev–Trinajstić information content (AvgIpc) is 2.88. The molecule has 2 rings (SSSR count). The largest absolute Gasteiger partial charge is 0.380 e. The van der Waals surface area contributed by atoms with E-state index >= 15 is 0 Å². The van der Waals surface area contributed by atoms with E-state index in [9.17, 15) is 9.59 Å². The molecule has 1 aliphatic carbocycles. The topological polar surface area (TPSA) is 58.6 Å². The number of carbonyl (C=O) groups excluding carboxylic acids is 2. The highest BCUT2D eigenvalue weighted by molar-refractivity contribution is 6.00. The third-order valence-corrected chi connectivity index (χ3v) is 4.54. The molecule has 1 aliphatic heterocycles. The Morgan fingerprint density at radius 2 is 2.00 bits per heavy atom. The van der Waals surface area contributed by atoms with E-state index in [1.54, 1.807) is 4.90 Å². The van der Waals surface area contributed by atoms with Crippen molar-refractivity contribution in [3.8, 4) is 0 Å². The highest BCUT2D eigenvalue weighted by Gasteiger charge is 2.51. The van der Waals surface area contributed by atoms with Crippen LogP contribution >= 0.6 is 0 Å². The van der Waals surface area contributed by atoms with Crippen molar-refractivity contribution in [2.24, 2.45) is 5.92 Å². The van der Waals surface area contributed by atoms with Crippen molar-refractivity contribution >= 4 is 11.8 Å². The zero-order valence-electron chi connectivity index (χ0n) is 13.5. The molecular weight excluding hydrogens is 268 g/mol. The molecule has 2 amide bonds. The maximum Gasteiger partial charge on any atom is 0.249 e. The van der Waals surface area contributed by atoms with Gasteiger partial charge in [-0.1, -0.05) is 26.7 Å². The van der Waals surface area contributed by atoms with E-state index in [-0.39, 0.29) is 17.9 Å². The second-order valence-electron chi connectivity index (χ2n) is 6.62. The molecule has 1 atom stereocenters. The summed E-state index contributed by atoms with van der Waals surface area (Å²) in [5.41, 5.74) is -0.628. The van der Waals surface area contributed by atoms with Gasteiger partial charge in [0.25, 0.3) is 0 Å². The Morgan fingerprint density at radius 1 is 1.33 bits per heavy atom. The van der Waals surface area contributed by atoms with Crippen molar-refractivity contribution in [1.82, 2.24) is 10.2 Å². The predicted octanol–water partition coefficient (Wildman–Crippen LogP) is 1.71. The molecule has 0 aromatic heterocycles. The molecule has 21 heavy (non-hydrogen) atoms. The van der Waals surface area contributed by atoms with Crippen molar-refractivity contribution in [2.45, 2.75) is 64.5 Å². The highest BCUT2D eigenvalue weighted by Crippen LogP contribution is 2.35. The molecule has 5 nitrogen and oxygen atoms in total. The lowest BCUT2D eigenvalue weighted by molar-refractivity contribution is -0.156. The number of amides is 2. The molecule has 1 unspecified atom stereocenters. The fraction of sp³-hybridized carbons (Fsp3) is 0.875. The summed E-state index contributed by atoms with van der Waals surface area (Å²) in [4.78, 5) is 27.2. The standard InChI is InChI=1S/C16H28N2O3/c1-4-21-10-9-18-13(11-12(2)3)14(19)17-16(15(18)20)7-5-6-8-16/h12-13H,4-11H2,1-3H3,(H,17,19). The number of nitrogens with one attached hydrogen (secondary N) is 1. The van der Waals surface area contributed by atoms with E-state index in [0.29, 0.717) is 32.1 Å². The van der Waals surface area contributed by atoms with Crippen LogP contribution in [0.3, 0.4) is 0 Å². The van der Waals surface area contributed by atoms with Crippen molar-refractivity contribution in [1.29, 1.82) is 0 Å². The van der Waals surface area contributed by atoms with E-state index < -0.39 is 5.54 Å². The predicted molar refractivity (Wildman–Crippen MR) is 80.8 cm³/mol. The first-order valence-corrected chi connectivity index (χ1v) is 8.21. The molecular formula is C16H28N2O3. The number of hydrogen-bond acceptors (Lipinski definition) is 3. The van der Waals surface area contributed by atoms with Gasteiger partial charge in [-0.3, -0.25) is 9.59 Å². The van der Waals surface area contributed by atoms with Crippen LogP contribution in [0.2, 0.25) is 0 Å². The Balaban J connectivity index is 2.16.